The van der Waals surface area contributed by atoms with E-state index in [0.717, 1.165) is 58.1 Å². The van der Waals surface area contributed by atoms with Crippen LogP contribution in [0.15, 0.2) is 4.99 Å². The van der Waals surface area contributed by atoms with Gasteiger partial charge in [0.05, 0.1) is 12.6 Å². The minimum absolute atomic E-state index is 0.0376. The number of rotatable bonds is 3. The lowest BCUT2D eigenvalue weighted by atomic mass is 9.98. The molecule has 0 spiro atoms. The van der Waals surface area contributed by atoms with Crippen LogP contribution in [-0.4, -0.2) is 62.1 Å². The number of hydrogen-bond acceptors (Lipinski definition) is 5. The van der Waals surface area contributed by atoms with Gasteiger partial charge in [0.25, 0.3) is 0 Å². The number of nitrogens with zero attached hydrogens (tertiary/aromatic N) is 2. The predicted octanol–water partition coefficient (Wildman–Crippen LogP) is -0.474. The van der Waals surface area contributed by atoms with E-state index in [1.54, 1.807) is 0 Å². The molecule has 6 nitrogen and oxygen atoms in total. The van der Waals surface area contributed by atoms with Crippen LogP contribution in [0.3, 0.4) is 0 Å². The van der Waals surface area contributed by atoms with Crippen molar-refractivity contribution in [3.05, 3.63) is 0 Å². The van der Waals surface area contributed by atoms with Gasteiger partial charge in [0.15, 0.2) is 5.96 Å². The van der Waals surface area contributed by atoms with Crippen LogP contribution in [0.25, 0.3) is 0 Å². The zero-order valence-corrected chi connectivity index (χ0v) is 12.0. The van der Waals surface area contributed by atoms with E-state index in [-0.39, 0.29) is 11.9 Å². The molecule has 3 aliphatic heterocycles. The molecule has 0 aromatic rings. The van der Waals surface area contributed by atoms with E-state index < -0.39 is 0 Å². The largest absolute Gasteiger partial charge is 0.354 e. The van der Waals surface area contributed by atoms with Crippen molar-refractivity contribution in [1.82, 2.24) is 20.9 Å². The fourth-order valence-corrected chi connectivity index (χ4v) is 3.30. The molecule has 3 rings (SSSR count). The first-order valence-electron chi connectivity index (χ1n) is 7.87. The number of nitrogens with one attached hydrogen (secondary N) is 3. The summed E-state index contributed by atoms with van der Waals surface area (Å²) < 4.78 is 0. The second-order valence-corrected chi connectivity index (χ2v) is 5.98. The van der Waals surface area contributed by atoms with Crippen molar-refractivity contribution in [2.75, 3.05) is 39.3 Å². The molecule has 2 fully saturated rings. The summed E-state index contributed by atoms with van der Waals surface area (Å²) in [6.07, 6.45) is 4.47. The zero-order valence-electron chi connectivity index (χ0n) is 12.0. The SMILES string of the molecule is O=C(NCC1CCCN(C2=NCCN2)C1)C1CCCN1. The molecule has 3 heterocycles. The summed E-state index contributed by atoms with van der Waals surface area (Å²) >= 11 is 0. The Labute approximate surface area is 120 Å². The van der Waals surface area contributed by atoms with Crippen LogP contribution in [0.4, 0.5) is 0 Å². The minimum atomic E-state index is 0.0376. The van der Waals surface area contributed by atoms with Gasteiger partial charge in [-0.1, -0.05) is 0 Å². The first-order chi connectivity index (χ1) is 9.83. The molecule has 1 amide bonds. The Morgan fingerprint density at radius 3 is 3.05 bits per heavy atom. The Hall–Kier alpha value is -1.30. The minimum Gasteiger partial charge on any atom is -0.354 e. The highest BCUT2D eigenvalue weighted by molar-refractivity contribution is 5.82. The highest BCUT2D eigenvalue weighted by Gasteiger charge is 2.26. The van der Waals surface area contributed by atoms with Crippen molar-refractivity contribution in [2.45, 2.75) is 31.7 Å². The first kappa shape index (κ1) is 13.7. The number of hydrogen-bond donors (Lipinski definition) is 3. The van der Waals surface area contributed by atoms with Crippen LogP contribution in [0, 0.1) is 5.92 Å². The third-order valence-corrected chi connectivity index (χ3v) is 4.42. The van der Waals surface area contributed by atoms with Gasteiger partial charge in [-0.05, 0) is 38.1 Å². The molecule has 6 heteroatoms. The normalized spacial score (nSPS) is 30.0. The fraction of sp³-hybridized carbons (Fsp3) is 0.857. The van der Waals surface area contributed by atoms with E-state index in [0.29, 0.717) is 5.92 Å². The summed E-state index contributed by atoms with van der Waals surface area (Å²) in [6.45, 7) is 5.70. The lowest BCUT2D eigenvalue weighted by Crippen LogP contribution is -2.48. The number of carbonyl (C=O) groups excluding carboxylic acids is 1. The van der Waals surface area contributed by atoms with Gasteiger partial charge < -0.3 is 20.9 Å². The van der Waals surface area contributed by atoms with Gasteiger partial charge >= 0.3 is 0 Å². The summed E-state index contributed by atoms with van der Waals surface area (Å²) in [6, 6.07) is 0.0376. The van der Waals surface area contributed by atoms with Crippen molar-refractivity contribution < 1.29 is 4.79 Å². The molecule has 2 saturated heterocycles. The van der Waals surface area contributed by atoms with E-state index in [1.165, 1.54) is 12.8 Å². The van der Waals surface area contributed by atoms with Gasteiger partial charge in [-0.3, -0.25) is 9.79 Å². The Morgan fingerprint density at radius 1 is 1.35 bits per heavy atom. The third-order valence-electron chi connectivity index (χ3n) is 4.42. The molecule has 2 atom stereocenters. The smallest absolute Gasteiger partial charge is 0.237 e. The van der Waals surface area contributed by atoms with Crippen molar-refractivity contribution >= 4 is 11.9 Å². The molecule has 0 aliphatic carbocycles. The van der Waals surface area contributed by atoms with Gasteiger partial charge in [-0.2, -0.15) is 0 Å². The van der Waals surface area contributed by atoms with Crippen LogP contribution >= 0.6 is 0 Å². The standard InChI is InChI=1S/C14H25N5O/c20-13(12-4-1-5-15-12)18-9-11-3-2-8-19(10-11)14-16-6-7-17-14/h11-12,15H,1-10H2,(H,16,17)(H,18,20). The molecule has 3 N–H and O–H groups in total. The predicted molar refractivity (Wildman–Crippen MR) is 78.6 cm³/mol. The van der Waals surface area contributed by atoms with Crippen LogP contribution in [0.2, 0.25) is 0 Å². The number of aliphatic imine (C=N–C) groups is 1. The molecule has 20 heavy (non-hydrogen) atoms. The van der Waals surface area contributed by atoms with Crippen LogP contribution < -0.4 is 16.0 Å². The Balaban J connectivity index is 1.44. The van der Waals surface area contributed by atoms with Crippen molar-refractivity contribution in [1.29, 1.82) is 0 Å². The summed E-state index contributed by atoms with van der Waals surface area (Å²) in [4.78, 5) is 18.8. The summed E-state index contributed by atoms with van der Waals surface area (Å²) in [7, 11) is 0. The van der Waals surface area contributed by atoms with Gasteiger partial charge in [-0.25, -0.2) is 0 Å². The van der Waals surface area contributed by atoms with Gasteiger partial charge in [0.2, 0.25) is 5.91 Å². The van der Waals surface area contributed by atoms with Gasteiger partial charge in [-0.15, -0.1) is 0 Å². The summed E-state index contributed by atoms with van der Waals surface area (Å²) in [5, 5.41) is 9.70. The van der Waals surface area contributed by atoms with E-state index >= 15 is 0 Å². The summed E-state index contributed by atoms with van der Waals surface area (Å²) in [5.41, 5.74) is 0. The van der Waals surface area contributed by atoms with E-state index in [9.17, 15) is 4.79 Å². The number of amides is 1. The molecular weight excluding hydrogens is 254 g/mol. The van der Waals surface area contributed by atoms with Crippen molar-refractivity contribution in [3.8, 4) is 0 Å². The number of piperidine rings is 1. The van der Waals surface area contributed by atoms with Gasteiger partial charge in [0.1, 0.15) is 0 Å². The third kappa shape index (κ3) is 3.23. The average Bonchev–Trinajstić information content (AvgIpc) is 3.17. The Bertz CT molecular complexity index is 378. The second kappa shape index (κ2) is 6.43. The number of carbonyl (C=O) groups is 1. The topological polar surface area (TPSA) is 68.8 Å². The van der Waals surface area contributed by atoms with Crippen molar-refractivity contribution in [2.24, 2.45) is 10.9 Å². The highest BCUT2D eigenvalue weighted by atomic mass is 16.2. The molecule has 0 aromatic heterocycles. The van der Waals surface area contributed by atoms with E-state index in [1.807, 2.05) is 0 Å². The molecule has 112 valence electrons. The molecule has 3 aliphatic rings. The molecule has 0 radical (unpaired) electrons. The highest BCUT2D eigenvalue weighted by Crippen LogP contribution is 2.16. The maximum atomic E-state index is 12.0. The Morgan fingerprint density at radius 2 is 2.30 bits per heavy atom. The maximum absolute atomic E-state index is 12.0. The molecular formula is C14H25N5O. The van der Waals surface area contributed by atoms with Crippen LogP contribution in [0.1, 0.15) is 25.7 Å². The number of guanidine groups is 1. The molecule has 0 aromatic carbocycles. The Kier molecular flexibility index (Phi) is 4.40. The van der Waals surface area contributed by atoms with Crippen LogP contribution in [0.5, 0.6) is 0 Å². The quantitative estimate of drug-likeness (QED) is 0.653. The fourth-order valence-electron chi connectivity index (χ4n) is 3.30. The van der Waals surface area contributed by atoms with Gasteiger partial charge in [0, 0.05) is 26.2 Å². The summed E-state index contributed by atoms with van der Waals surface area (Å²) in [5.74, 6) is 1.77. The van der Waals surface area contributed by atoms with E-state index in [4.69, 9.17) is 0 Å². The molecule has 0 saturated carbocycles. The van der Waals surface area contributed by atoms with Crippen LogP contribution in [-0.2, 0) is 4.79 Å². The van der Waals surface area contributed by atoms with Crippen molar-refractivity contribution in [3.63, 3.8) is 0 Å². The monoisotopic (exact) mass is 279 g/mol. The van der Waals surface area contributed by atoms with E-state index in [2.05, 4.69) is 25.8 Å². The molecule has 2 unspecified atom stereocenters. The second-order valence-electron chi connectivity index (χ2n) is 5.98. The average molecular weight is 279 g/mol. The maximum Gasteiger partial charge on any atom is 0.237 e. The first-order valence-corrected chi connectivity index (χ1v) is 7.87. The lowest BCUT2D eigenvalue weighted by molar-refractivity contribution is -0.123. The lowest BCUT2D eigenvalue weighted by Gasteiger charge is -2.34. The zero-order chi connectivity index (χ0) is 13.8. The number of likely N-dealkylation sites (tertiary alicyclic amines) is 1. The molecule has 0 bridgehead atoms.